The standard InChI is InChI=1S/C23H22BrN3O4/c24-19-13-18(14-25-15-19)22(29)27(20-9-5-2-6-10-20)11-12-31-23(30)26-16-21(28)17-7-3-1-4-8-17/h1-10,13-15,21,28H,11-12,16H2,(H,26,30). The van der Waals surface area contributed by atoms with E-state index < -0.39 is 12.2 Å². The van der Waals surface area contributed by atoms with Crippen LogP contribution >= 0.6 is 15.9 Å². The summed E-state index contributed by atoms with van der Waals surface area (Å²) in [6, 6.07) is 19.8. The Bertz CT molecular complexity index is 1000. The van der Waals surface area contributed by atoms with Gasteiger partial charge in [0.15, 0.2) is 0 Å². The molecule has 7 nitrogen and oxygen atoms in total. The van der Waals surface area contributed by atoms with Crippen LogP contribution in [-0.4, -0.2) is 41.8 Å². The van der Waals surface area contributed by atoms with Crippen LogP contribution in [0.1, 0.15) is 22.0 Å². The maximum absolute atomic E-state index is 13.0. The topological polar surface area (TPSA) is 91.8 Å². The van der Waals surface area contributed by atoms with Crippen molar-refractivity contribution in [1.29, 1.82) is 0 Å². The van der Waals surface area contributed by atoms with Crippen LogP contribution in [0.3, 0.4) is 0 Å². The number of aliphatic hydroxyl groups is 1. The van der Waals surface area contributed by atoms with Gasteiger partial charge in [0, 0.05) is 22.6 Å². The number of halogens is 1. The Hall–Kier alpha value is -3.23. The van der Waals surface area contributed by atoms with Gasteiger partial charge < -0.3 is 20.1 Å². The molecule has 0 aliphatic heterocycles. The first-order valence-corrected chi connectivity index (χ1v) is 10.4. The van der Waals surface area contributed by atoms with Gasteiger partial charge in [0.25, 0.3) is 5.91 Å². The number of amides is 2. The zero-order valence-electron chi connectivity index (χ0n) is 16.6. The number of aromatic nitrogens is 1. The van der Waals surface area contributed by atoms with Crippen molar-refractivity contribution in [1.82, 2.24) is 10.3 Å². The molecule has 0 spiro atoms. The Labute approximate surface area is 188 Å². The van der Waals surface area contributed by atoms with E-state index in [2.05, 4.69) is 26.2 Å². The number of aliphatic hydroxyl groups excluding tert-OH is 1. The van der Waals surface area contributed by atoms with E-state index in [-0.39, 0.29) is 25.6 Å². The minimum absolute atomic E-state index is 0.0185. The van der Waals surface area contributed by atoms with E-state index in [9.17, 15) is 14.7 Å². The van der Waals surface area contributed by atoms with Gasteiger partial charge in [-0.15, -0.1) is 0 Å². The number of benzene rings is 2. The molecule has 3 aromatic rings. The van der Waals surface area contributed by atoms with E-state index in [1.54, 1.807) is 36.5 Å². The fourth-order valence-corrected chi connectivity index (χ4v) is 3.26. The quantitative estimate of drug-likeness (QED) is 0.505. The molecule has 160 valence electrons. The molecule has 31 heavy (non-hydrogen) atoms. The highest BCUT2D eigenvalue weighted by molar-refractivity contribution is 9.10. The molecule has 1 heterocycles. The van der Waals surface area contributed by atoms with Crippen LogP contribution in [0.4, 0.5) is 10.5 Å². The fraction of sp³-hybridized carbons (Fsp3) is 0.174. The van der Waals surface area contributed by atoms with Gasteiger partial charge in [0.05, 0.1) is 24.8 Å². The number of carbonyl (C=O) groups is 2. The highest BCUT2D eigenvalue weighted by atomic mass is 79.9. The Morgan fingerprint density at radius 1 is 1.06 bits per heavy atom. The van der Waals surface area contributed by atoms with Crippen LogP contribution < -0.4 is 10.2 Å². The van der Waals surface area contributed by atoms with E-state index >= 15 is 0 Å². The number of hydrogen-bond acceptors (Lipinski definition) is 5. The molecule has 2 amide bonds. The predicted octanol–water partition coefficient (Wildman–Crippen LogP) is 3.95. The predicted molar refractivity (Wildman–Crippen MR) is 121 cm³/mol. The second-order valence-electron chi connectivity index (χ2n) is 6.63. The summed E-state index contributed by atoms with van der Waals surface area (Å²) in [6.45, 7) is 0.160. The van der Waals surface area contributed by atoms with E-state index in [0.717, 1.165) is 0 Å². The molecule has 1 atom stereocenters. The largest absolute Gasteiger partial charge is 0.448 e. The molecule has 2 N–H and O–H groups in total. The number of nitrogens with zero attached hydrogens (tertiary/aromatic N) is 2. The number of ether oxygens (including phenoxy) is 1. The third kappa shape index (κ3) is 6.63. The highest BCUT2D eigenvalue weighted by Gasteiger charge is 2.19. The van der Waals surface area contributed by atoms with E-state index in [0.29, 0.717) is 21.3 Å². The molecule has 0 aliphatic carbocycles. The molecule has 0 bridgehead atoms. The zero-order chi connectivity index (χ0) is 22.1. The summed E-state index contributed by atoms with van der Waals surface area (Å²) in [5, 5.41) is 12.7. The summed E-state index contributed by atoms with van der Waals surface area (Å²) < 4.78 is 5.90. The molecule has 0 saturated heterocycles. The number of rotatable bonds is 8. The molecule has 8 heteroatoms. The summed E-state index contributed by atoms with van der Waals surface area (Å²) in [5.74, 6) is -0.261. The Kier molecular flexibility index (Phi) is 8.14. The van der Waals surface area contributed by atoms with Crippen molar-refractivity contribution in [2.75, 3.05) is 24.6 Å². The molecule has 1 aromatic heterocycles. The van der Waals surface area contributed by atoms with Crippen LogP contribution in [0.2, 0.25) is 0 Å². The van der Waals surface area contributed by atoms with Crippen LogP contribution in [-0.2, 0) is 4.74 Å². The minimum Gasteiger partial charge on any atom is -0.448 e. The molecular weight excluding hydrogens is 462 g/mol. The van der Waals surface area contributed by atoms with Crippen molar-refractivity contribution in [2.45, 2.75) is 6.10 Å². The maximum Gasteiger partial charge on any atom is 0.407 e. The number of para-hydroxylation sites is 1. The van der Waals surface area contributed by atoms with Gasteiger partial charge in [0.2, 0.25) is 0 Å². The average molecular weight is 484 g/mol. The Morgan fingerprint density at radius 3 is 2.42 bits per heavy atom. The highest BCUT2D eigenvalue weighted by Crippen LogP contribution is 2.18. The maximum atomic E-state index is 13.0. The van der Waals surface area contributed by atoms with Crippen molar-refractivity contribution in [3.8, 4) is 0 Å². The van der Waals surface area contributed by atoms with Crippen LogP contribution in [0, 0.1) is 0 Å². The average Bonchev–Trinajstić information content (AvgIpc) is 2.81. The van der Waals surface area contributed by atoms with Crippen LogP contribution in [0.5, 0.6) is 0 Å². The SMILES string of the molecule is O=C(NCC(O)c1ccccc1)OCCN(C(=O)c1cncc(Br)c1)c1ccccc1. The smallest absolute Gasteiger partial charge is 0.407 e. The number of hydrogen-bond donors (Lipinski definition) is 2. The lowest BCUT2D eigenvalue weighted by atomic mass is 10.1. The van der Waals surface area contributed by atoms with Gasteiger partial charge in [-0.2, -0.15) is 0 Å². The normalized spacial score (nSPS) is 11.4. The van der Waals surface area contributed by atoms with E-state index in [1.807, 2.05) is 36.4 Å². The van der Waals surface area contributed by atoms with Gasteiger partial charge in [-0.05, 0) is 39.7 Å². The van der Waals surface area contributed by atoms with Gasteiger partial charge >= 0.3 is 6.09 Å². The summed E-state index contributed by atoms with van der Waals surface area (Å²) in [4.78, 5) is 30.6. The van der Waals surface area contributed by atoms with Gasteiger partial charge in [-0.25, -0.2) is 4.79 Å². The molecule has 0 radical (unpaired) electrons. The van der Waals surface area contributed by atoms with Gasteiger partial charge in [-0.3, -0.25) is 9.78 Å². The second kappa shape index (κ2) is 11.2. The second-order valence-corrected chi connectivity index (χ2v) is 7.54. The lowest BCUT2D eigenvalue weighted by Gasteiger charge is -2.23. The Balaban J connectivity index is 1.57. The summed E-state index contributed by atoms with van der Waals surface area (Å²) in [5.41, 5.74) is 1.79. The first kappa shape index (κ1) is 22.5. The molecule has 1 unspecified atom stereocenters. The molecular formula is C23H22BrN3O4. The fourth-order valence-electron chi connectivity index (χ4n) is 2.89. The molecule has 0 fully saturated rings. The van der Waals surface area contributed by atoms with Crippen molar-refractivity contribution < 1.29 is 19.4 Å². The van der Waals surface area contributed by atoms with Crippen molar-refractivity contribution in [3.05, 3.63) is 94.7 Å². The van der Waals surface area contributed by atoms with Crippen LogP contribution in [0.25, 0.3) is 0 Å². The molecule has 0 aliphatic rings. The van der Waals surface area contributed by atoms with E-state index in [4.69, 9.17) is 4.74 Å². The lowest BCUT2D eigenvalue weighted by Crippen LogP contribution is -2.36. The molecule has 3 rings (SSSR count). The summed E-state index contributed by atoms with van der Waals surface area (Å²) in [6.07, 6.45) is 1.59. The van der Waals surface area contributed by atoms with Crippen molar-refractivity contribution >= 4 is 33.6 Å². The lowest BCUT2D eigenvalue weighted by molar-refractivity contribution is 0.0971. The summed E-state index contributed by atoms with van der Waals surface area (Å²) >= 11 is 3.32. The molecule has 0 saturated carbocycles. The number of nitrogens with one attached hydrogen (secondary N) is 1. The summed E-state index contributed by atoms with van der Waals surface area (Å²) in [7, 11) is 0. The minimum atomic E-state index is -0.833. The van der Waals surface area contributed by atoms with Crippen LogP contribution in [0.15, 0.2) is 83.6 Å². The number of pyridine rings is 1. The zero-order valence-corrected chi connectivity index (χ0v) is 18.2. The van der Waals surface area contributed by atoms with Gasteiger partial charge in [0.1, 0.15) is 6.61 Å². The first-order chi connectivity index (χ1) is 15.0. The molecule has 2 aromatic carbocycles. The number of carbonyl (C=O) groups excluding carboxylic acids is 2. The monoisotopic (exact) mass is 483 g/mol. The van der Waals surface area contributed by atoms with E-state index in [1.165, 1.54) is 11.1 Å². The number of alkyl carbamates (subject to hydrolysis) is 1. The first-order valence-electron chi connectivity index (χ1n) is 9.65. The van der Waals surface area contributed by atoms with Crippen molar-refractivity contribution in [3.63, 3.8) is 0 Å². The van der Waals surface area contributed by atoms with Gasteiger partial charge in [-0.1, -0.05) is 48.5 Å². The number of anilines is 1. The Morgan fingerprint density at radius 2 is 1.74 bits per heavy atom. The van der Waals surface area contributed by atoms with Crippen molar-refractivity contribution in [2.24, 2.45) is 0 Å². The third-order valence-electron chi connectivity index (χ3n) is 4.44. The third-order valence-corrected chi connectivity index (χ3v) is 4.87.